The second-order valence-electron chi connectivity index (χ2n) is 8.54. The van der Waals surface area contributed by atoms with Crippen LogP contribution >= 0.6 is 0 Å². The van der Waals surface area contributed by atoms with Crippen molar-refractivity contribution in [2.75, 3.05) is 17.6 Å². The highest BCUT2D eigenvalue weighted by atomic mass is 32.2. The molecule has 0 amide bonds. The average Bonchev–Trinajstić information content (AvgIpc) is 2.91. The Labute approximate surface area is 221 Å². The first kappa shape index (κ1) is 25.8. The molecular weight excluding hydrogens is 528 g/mol. The zero-order valence-electron chi connectivity index (χ0n) is 20.4. The second kappa shape index (κ2) is 10.1. The Kier molecular flexibility index (Phi) is 6.71. The Bertz CT molecular complexity index is 1880. The number of pyridine rings is 1. The number of nitrogen functional groups attached to an aromatic ring is 1. The number of hydrogen-bond donors (Lipinski definition) is 2. The summed E-state index contributed by atoms with van der Waals surface area (Å²) in [6.45, 7) is 0.231. The zero-order chi connectivity index (χ0) is 27.7. The molecule has 12 heteroatoms. The standard InChI is InChI=1S/C27H21F2N5O4S/c1-38-25-23(33-39(36,37)24-10-8-19(28)13-21(24)29)12-18(14-31-25)17-7-9-22-20(11-17)26(35)34(27(30)32-22)15-16-5-3-2-4-6-16/h2-14,33H,15H2,1H3,(H2,30,32). The molecule has 3 aromatic carbocycles. The monoisotopic (exact) mass is 549 g/mol. The summed E-state index contributed by atoms with van der Waals surface area (Å²) >= 11 is 0. The van der Waals surface area contributed by atoms with Gasteiger partial charge in [-0.05, 0) is 41.5 Å². The highest BCUT2D eigenvalue weighted by Gasteiger charge is 2.22. The van der Waals surface area contributed by atoms with Crippen LogP contribution in [0.15, 0.2) is 88.7 Å². The molecule has 0 spiro atoms. The van der Waals surface area contributed by atoms with E-state index in [2.05, 4.69) is 14.7 Å². The number of benzene rings is 3. The molecule has 39 heavy (non-hydrogen) atoms. The maximum Gasteiger partial charge on any atom is 0.264 e. The molecule has 9 nitrogen and oxygen atoms in total. The molecule has 0 aliphatic carbocycles. The molecule has 5 rings (SSSR count). The lowest BCUT2D eigenvalue weighted by atomic mass is 10.0. The molecule has 3 N–H and O–H groups in total. The van der Waals surface area contributed by atoms with Crippen molar-refractivity contribution in [2.45, 2.75) is 11.4 Å². The second-order valence-corrected chi connectivity index (χ2v) is 10.2. The minimum absolute atomic E-state index is 0.0694. The van der Waals surface area contributed by atoms with E-state index in [0.717, 1.165) is 17.7 Å². The number of nitrogens with two attached hydrogens (primary N) is 1. The molecule has 0 radical (unpaired) electrons. The van der Waals surface area contributed by atoms with Crippen LogP contribution in [0, 0.1) is 11.6 Å². The van der Waals surface area contributed by atoms with Crippen LogP contribution in [0.5, 0.6) is 5.88 Å². The lowest BCUT2D eigenvalue weighted by molar-refractivity contribution is 0.400. The smallest absolute Gasteiger partial charge is 0.264 e. The van der Waals surface area contributed by atoms with Crippen molar-refractivity contribution in [1.29, 1.82) is 0 Å². The van der Waals surface area contributed by atoms with E-state index in [9.17, 15) is 22.0 Å². The Morgan fingerprint density at radius 1 is 1.00 bits per heavy atom. The quantitative estimate of drug-likeness (QED) is 0.312. The van der Waals surface area contributed by atoms with E-state index in [1.54, 1.807) is 18.2 Å². The number of methoxy groups -OCH3 is 1. The van der Waals surface area contributed by atoms with Gasteiger partial charge in [-0.2, -0.15) is 0 Å². The number of nitrogens with zero attached hydrogens (tertiary/aromatic N) is 3. The number of nitrogens with one attached hydrogen (secondary N) is 1. The highest BCUT2D eigenvalue weighted by Crippen LogP contribution is 2.31. The van der Waals surface area contributed by atoms with E-state index in [4.69, 9.17) is 10.5 Å². The Morgan fingerprint density at radius 3 is 2.49 bits per heavy atom. The average molecular weight is 550 g/mol. The first-order valence-corrected chi connectivity index (χ1v) is 13.0. The first-order valence-electron chi connectivity index (χ1n) is 11.5. The van der Waals surface area contributed by atoms with Crippen molar-refractivity contribution in [2.24, 2.45) is 0 Å². The number of hydrogen-bond acceptors (Lipinski definition) is 7. The zero-order valence-corrected chi connectivity index (χ0v) is 21.2. The fourth-order valence-corrected chi connectivity index (χ4v) is 5.18. The molecule has 2 heterocycles. The van der Waals surface area contributed by atoms with Crippen LogP contribution in [-0.2, 0) is 16.6 Å². The largest absolute Gasteiger partial charge is 0.480 e. The fourth-order valence-electron chi connectivity index (χ4n) is 4.08. The maximum atomic E-state index is 14.2. The van der Waals surface area contributed by atoms with E-state index in [0.29, 0.717) is 28.1 Å². The third-order valence-corrected chi connectivity index (χ3v) is 7.37. The SMILES string of the molecule is COc1ncc(-c2ccc3nc(N)n(Cc4ccccc4)c(=O)c3c2)cc1NS(=O)(=O)c1ccc(F)cc1F. The van der Waals surface area contributed by atoms with Gasteiger partial charge in [0.2, 0.25) is 11.8 Å². The van der Waals surface area contributed by atoms with Gasteiger partial charge in [-0.3, -0.25) is 14.1 Å². The Balaban J connectivity index is 1.55. The highest BCUT2D eigenvalue weighted by molar-refractivity contribution is 7.92. The van der Waals surface area contributed by atoms with Crippen molar-refractivity contribution < 1.29 is 21.9 Å². The Morgan fingerprint density at radius 2 is 1.77 bits per heavy atom. The topological polar surface area (TPSA) is 129 Å². The van der Waals surface area contributed by atoms with Gasteiger partial charge in [-0.25, -0.2) is 27.2 Å². The summed E-state index contributed by atoms with van der Waals surface area (Å²) in [5, 5.41) is 0.295. The molecule has 0 unspecified atom stereocenters. The van der Waals surface area contributed by atoms with Crippen molar-refractivity contribution in [3.8, 4) is 17.0 Å². The molecule has 0 fully saturated rings. The minimum Gasteiger partial charge on any atom is -0.480 e. The van der Waals surface area contributed by atoms with Crippen molar-refractivity contribution in [3.63, 3.8) is 0 Å². The molecule has 0 saturated carbocycles. The van der Waals surface area contributed by atoms with Gasteiger partial charge in [-0.1, -0.05) is 36.4 Å². The molecule has 0 atom stereocenters. The predicted octanol–water partition coefficient (Wildman–Crippen LogP) is 4.18. The summed E-state index contributed by atoms with van der Waals surface area (Å²) in [7, 11) is -3.17. The lowest BCUT2D eigenvalue weighted by Gasteiger charge is -2.14. The van der Waals surface area contributed by atoms with E-state index >= 15 is 0 Å². The summed E-state index contributed by atoms with van der Waals surface area (Å²) in [6.07, 6.45) is 1.43. The summed E-state index contributed by atoms with van der Waals surface area (Å²) in [5.74, 6) is -2.17. The molecule has 198 valence electrons. The van der Waals surface area contributed by atoms with Crippen LogP contribution in [0.4, 0.5) is 20.4 Å². The van der Waals surface area contributed by atoms with E-state index in [1.165, 1.54) is 23.9 Å². The molecule has 0 aliphatic heterocycles. The number of ether oxygens (including phenoxy) is 1. The molecular formula is C27H21F2N5O4S. The van der Waals surface area contributed by atoms with Crippen molar-refractivity contribution >= 4 is 32.6 Å². The molecule has 0 aliphatic rings. The van der Waals surface area contributed by atoms with E-state index < -0.39 is 26.6 Å². The molecule has 0 saturated heterocycles. The number of rotatable bonds is 7. The van der Waals surface area contributed by atoms with Gasteiger partial charge in [0.25, 0.3) is 15.6 Å². The van der Waals surface area contributed by atoms with Gasteiger partial charge in [0.1, 0.15) is 22.2 Å². The number of anilines is 2. The normalized spacial score (nSPS) is 11.5. The van der Waals surface area contributed by atoms with Crippen LogP contribution in [0.25, 0.3) is 22.0 Å². The number of sulfonamides is 1. The van der Waals surface area contributed by atoms with Gasteiger partial charge < -0.3 is 10.5 Å². The third-order valence-electron chi connectivity index (χ3n) is 5.97. The van der Waals surface area contributed by atoms with Crippen molar-refractivity contribution in [3.05, 3.63) is 107 Å². The van der Waals surface area contributed by atoms with E-state index in [1.807, 2.05) is 30.3 Å². The van der Waals surface area contributed by atoms with Crippen LogP contribution < -0.4 is 20.8 Å². The maximum absolute atomic E-state index is 14.2. The van der Waals surface area contributed by atoms with Gasteiger partial charge in [0.15, 0.2) is 0 Å². The lowest BCUT2D eigenvalue weighted by Crippen LogP contribution is -2.25. The molecule has 2 aromatic heterocycles. The van der Waals surface area contributed by atoms with Crippen LogP contribution in [0.1, 0.15) is 5.56 Å². The Hall–Kier alpha value is -4.84. The van der Waals surface area contributed by atoms with Crippen LogP contribution in [-0.4, -0.2) is 30.1 Å². The minimum atomic E-state index is -4.46. The summed E-state index contributed by atoms with van der Waals surface area (Å²) in [4.78, 5) is 21.1. The van der Waals surface area contributed by atoms with Crippen LogP contribution in [0.2, 0.25) is 0 Å². The molecule has 5 aromatic rings. The molecule has 0 bridgehead atoms. The summed E-state index contributed by atoms with van der Waals surface area (Å²) in [5.41, 5.74) is 7.86. The summed E-state index contributed by atoms with van der Waals surface area (Å²) < 4.78 is 62.0. The fraction of sp³-hybridized carbons (Fsp3) is 0.0741. The first-order chi connectivity index (χ1) is 18.7. The number of fused-ring (bicyclic) bond motifs is 1. The van der Waals surface area contributed by atoms with Crippen molar-refractivity contribution in [1.82, 2.24) is 14.5 Å². The summed E-state index contributed by atoms with van der Waals surface area (Å²) in [6, 6.07) is 17.8. The van der Waals surface area contributed by atoms with Gasteiger partial charge in [0, 0.05) is 17.8 Å². The predicted molar refractivity (Wildman–Crippen MR) is 143 cm³/mol. The number of halogens is 2. The van der Waals surface area contributed by atoms with E-state index in [-0.39, 0.29) is 29.6 Å². The van der Waals surface area contributed by atoms with Gasteiger partial charge >= 0.3 is 0 Å². The third kappa shape index (κ3) is 5.14. The van der Waals surface area contributed by atoms with Gasteiger partial charge in [-0.15, -0.1) is 0 Å². The van der Waals surface area contributed by atoms with Crippen LogP contribution in [0.3, 0.4) is 0 Å². The number of aromatic nitrogens is 3. The van der Waals surface area contributed by atoms with Gasteiger partial charge in [0.05, 0.1) is 24.6 Å².